The van der Waals surface area contributed by atoms with Crippen molar-refractivity contribution in [3.63, 3.8) is 0 Å². The summed E-state index contributed by atoms with van der Waals surface area (Å²) in [6.07, 6.45) is 5.28. The maximum Gasteiger partial charge on any atom is 0.358 e. The molecule has 0 amide bonds. The quantitative estimate of drug-likeness (QED) is 0.875. The Hall–Kier alpha value is -1.39. The molecule has 0 aliphatic heterocycles. The van der Waals surface area contributed by atoms with Crippen molar-refractivity contribution in [1.82, 2.24) is 15.0 Å². The lowest BCUT2D eigenvalue weighted by Crippen LogP contribution is -2.20. The van der Waals surface area contributed by atoms with Gasteiger partial charge in [0.25, 0.3) is 0 Å². The Labute approximate surface area is 101 Å². The van der Waals surface area contributed by atoms with Crippen LogP contribution in [0.1, 0.15) is 61.8 Å². The minimum Gasteiger partial charge on any atom is -0.476 e. The van der Waals surface area contributed by atoms with Gasteiger partial charge in [0, 0.05) is 0 Å². The largest absolute Gasteiger partial charge is 0.476 e. The predicted molar refractivity (Wildman–Crippen MR) is 63.0 cm³/mol. The monoisotopic (exact) mass is 237 g/mol. The summed E-state index contributed by atoms with van der Waals surface area (Å²) in [7, 11) is 0. The standard InChI is InChI=1S/C12H19N3O2/c1-3-10-11(12(16)17)13-14-15(10)9-6-4-5-8(2)7-9/h8-9H,3-7H2,1-2H3,(H,16,17). The molecule has 1 aromatic heterocycles. The molecule has 17 heavy (non-hydrogen) atoms. The Balaban J connectivity index is 2.28. The second kappa shape index (κ2) is 4.85. The van der Waals surface area contributed by atoms with E-state index in [0.717, 1.165) is 18.5 Å². The summed E-state index contributed by atoms with van der Waals surface area (Å²) >= 11 is 0. The molecule has 0 aromatic carbocycles. The fourth-order valence-electron chi connectivity index (χ4n) is 2.73. The molecule has 0 radical (unpaired) electrons. The Bertz CT molecular complexity index is 414. The normalized spacial score (nSPS) is 24.8. The van der Waals surface area contributed by atoms with Crippen molar-refractivity contribution in [2.24, 2.45) is 5.92 Å². The average molecular weight is 237 g/mol. The molecule has 0 saturated heterocycles. The number of carboxylic acid groups (broad SMARTS) is 1. The van der Waals surface area contributed by atoms with Gasteiger partial charge in [0.1, 0.15) is 0 Å². The van der Waals surface area contributed by atoms with Crippen molar-refractivity contribution < 1.29 is 9.90 Å². The summed E-state index contributed by atoms with van der Waals surface area (Å²) in [5.41, 5.74) is 0.877. The molecular formula is C12H19N3O2. The van der Waals surface area contributed by atoms with Crippen molar-refractivity contribution >= 4 is 5.97 Å². The van der Waals surface area contributed by atoms with Gasteiger partial charge in [-0.15, -0.1) is 5.10 Å². The second-order valence-electron chi connectivity index (χ2n) is 4.91. The first-order chi connectivity index (χ1) is 8.13. The van der Waals surface area contributed by atoms with Crippen LogP contribution in [0.5, 0.6) is 0 Å². The van der Waals surface area contributed by atoms with Crippen molar-refractivity contribution in [2.45, 2.75) is 52.0 Å². The van der Waals surface area contributed by atoms with E-state index in [2.05, 4.69) is 17.2 Å². The average Bonchev–Trinajstić information content (AvgIpc) is 2.72. The molecule has 2 atom stereocenters. The molecule has 1 fully saturated rings. The number of aromatic nitrogens is 3. The minimum absolute atomic E-state index is 0.116. The maximum absolute atomic E-state index is 11.0. The Kier molecular flexibility index (Phi) is 3.45. The van der Waals surface area contributed by atoms with Gasteiger partial charge in [-0.05, 0) is 25.2 Å². The third-order valence-electron chi connectivity index (χ3n) is 3.58. The SMILES string of the molecule is CCc1c(C(=O)O)nnn1C1CCCC(C)C1. The smallest absolute Gasteiger partial charge is 0.358 e. The van der Waals surface area contributed by atoms with Crippen molar-refractivity contribution in [1.29, 1.82) is 0 Å². The summed E-state index contributed by atoms with van der Waals surface area (Å²) in [5.74, 6) is -0.284. The molecule has 1 aromatic rings. The van der Waals surface area contributed by atoms with Gasteiger partial charge in [0.2, 0.25) is 0 Å². The first-order valence-electron chi connectivity index (χ1n) is 6.30. The van der Waals surface area contributed by atoms with Crippen LogP contribution >= 0.6 is 0 Å². The van der Waals surface area contributed by atoms with Crippen molar-refractivity contribution in [3.05, 3.63) is 11.4 Å². The van der Waals surface area contributed by atoms with Crippen LogP contribution in [0.25, 0.3) is 0 Å². The minimum atomic E-state index is -0.975. The highest BCUT2D eigenvalue weighted by molar-refractivity contribution is 5.86. The number of aromatic carboxylic acids is 1. The highest BCUT2D eigenvalue weighted by atomic mass is 16.4. The van der Waals surface area contributed by atoms with Crippen LogP contribution in [0, 0.1) is 5.92 Å². The van der Waals surface area contributed by atoms with Crippen LogP contribution in [-0.4, -0.2) is 26.1 Å². The Morgan fingerprint density at radius 3 is 2.88 bits per heavy atom. The molecule has 1 N–H and O–H groups in total. The van der Waals surface area contributed by atoms with Gasteiger partial charge in [0.15, 0.2) is 5.69 Å². The van der Waals surface area contributed by atoms with Crippen LogP contribution in [0.4, 0.5) is 0 Å². The van der Waals surface area contributed by atoms with E-state index in [1.807, 2.05) is 11.6 Å². The molecule has 1 heterocycles. The molecule has 0 bridgehead atoms. The van der Waals surface area contributed by atoms with E-state index in [1.54, 1.807) is 0 Å². The summed E-state index contributed by atoms with van der Waals surface area (Å²) in [4.78, 5) is 11.0. The van der Waals surface area contributed by atoms with Crippen molar-refractivity contribution in [2.75, 3.05) is 0 Å². The molecule has 94 valence electrons. The first kappa shape index (κ1) is 12.1. The summed E-state index contributed by atoms with van der Waals surface area (Å²) < 4.78 is 1.85. The van der Waals surface area contributed by atoms with Gasteiger partial charge in [0.05, 0.1) is 11.7 Å². The molecule has 5 heteroatoms. The van der Waals surface area contributed by atoms with E-state index in [1.165, 1.54) is 12.8 Å². The molecule has 1 saturated carbocycles. The van der Waals surface area contributed by atoms with Crippen LogP contribution in [0.15, 0.2) is 0 Å². The van der Waals surface area contributed by atoms with Gasteiger partial charge in [-0.2, -0.15) is 0 Å². The molecule has 2 rings (SSSR count). The van der Waals surface area contributed by atoms with Gasteiger partial charge >= 0.3 is 5.97 Å². The van der Waals surface area contributed by atoms with Gasteiger partial charge in [-0.3, -0.25) is 0 Å². The second-order valence-corrected chi connectivity index (χ2v) is 4.91. The lowest BCUT2D eigenvalue weighted by Gasteiger charge is -2.27. The van der Waals surface area contributed by atoms with Crippen LogP contribution in [0.2, 0.25) is 0 Å². The molecule has 1 aliphatic rings. The zero-order valence-electron chi connectivity index (χ0n) is 10.4. The summed E-state index contributed by atoms with van der Waals surface area (Å²) in [5, 5.41) is 16.9. The lowest BCUT2D eigenvalue weighted by atomic mass is 9.87. The Morgan fingerprint density at radius 1 is 1.53 bits per heavy atom. The third-order valence-corrected chi connectivity index (χ3v) is 3.58. The van der Waals surface area contributed by atoms with E-state index >= 15 is 0 Å². The Morgan fingerprint density at radius 2 is 2.29 bits per heavy atom. The van der Waals surface area contributed by atoms with E-state index < -0.39 is 5.97 Å². The third kappa shape index (κ3) is 2.33. The van der Waals surface area contributed by atoms with E-state index in [0.29, 0.717) is 18.4 Å². The zero-order valence-corrected chi connectivity index (χ0v) is 10.4. The maximum atomic E-state index is 11.0. The highest BCUT2D eigenvalue weighted by Crippen LogP contribution is 2.32. The van der Waals surface area contributed by atoms with Gasteiger partial charge in [-0.1, -0.05) is 31.9 Å². The van der Waals surface area contributed by atoms with Crippen LogP contribution in [0.3, 0.4) is 0 Å². The number of nitrogens with zero attached hydrogens (tertiary/aromatic N) is 3. The molecule has 2 unspecified atom stereocenters. The topological polar surface area (TPSA) is 68.0 Å². The molecular weight excluding hydrogens is 218 g/mol. The van der Waals surface area contributed by atoms with E-state index in [-0.39, 0.29) is 5.69 Å². The zero-order chi connectivity index (χ0) is 12.4. The number of hydrogen-bond acceptors (Lipinski definition) is 3. The first-order valence-corrected chi connectivity index (χ1v) is 6.30. The number of hydrogen-bond donors (Lipinski definition) is 1. The molecule has 5 nitrogen and oxygen atoms in total. The summed E-state index contributed by atoms with van der Waals surface area (Å²) in [6.45, 7) is 4.20. The van der Waals surface area contributed by atoms with Crippen LogP contribution < -0.4 is 0 Å². The van der Waals surface area contributed by atoms with Crippen LogP contribution in [-0.2, 0) is 6.42 Å². The number of carbonyl (C=O) groups is 1. The molecule has 1 aliphatic carbocycles. The van der Waals surface area contributed by atoms with E-state index in [4.69, 9.17) is 5.11 Å². The lowest BCUT2D eigenvalue weighted by molar-refractivity contribution is 0.0689. The predicted octanol–water partition coefficient (Wildman–Crippen LogP) is 2.29. The van der Waals surface area contributed by atoms with Gasteiger partial charge < -0.3 is 5.11 Å². The number of rotatable bonds is 3. The van der Waals surface area contributed by atoms with E-state index in [9.17, 15) is 4.79 Å². The molecule has 0 spiro atoms. The van der Waals surface area contributed by atoms with Gasteiger partial charge in [-0.25, -0.2) is 9.48 Å². The number of carboxylic acids is 1. The highest BCUT2D eigenvalue weighted by Gasteiger charge is 2.26. The fraction of sp³-hybridized carbons (Fsp3) is 0.750. The van der Waals surface area contributed by atoms with Crippen molar-refractivity contribution in [3.8, 4) is 0 Å². The summed E-state index contributed by atoms with van der Waals surface area (Å²) in [6, 6.07) is 0.328. The fourth-order valence-corrected chi connectivity index (χ4v) is 2.73.